The van der Waals surface area contributed by atoms with E-state index < -0.39 is 11.7 Å². The lowest BCUT2D eigenvalue weighted by Crippen LogP contribution is -2.07. The van der Waals surface area contributed by atoms with E-state index in [1.807, 2.05) is 6.07 Å². The van der Waals surface area contributed by atoms with Crippen LogP contribution in [-0.2, 0) is 12.6 Å². The minimum absolute atomic E-state index is 0.00460. The van der Waals surface area contributed by atoms with E-state index in [-0.39, 0.29) is 23.7 Å². The highest BCUT2D eigenvalue weighted by atomic mass is 19.4. The van der Waals surface area contributed by atoms with Gasteiger partial charge in [-0.05, 0) is 54.6 Å². The van der Waals surface area contributed by atoms with E-state index in [4.69, 9.17) is 15.1 Å². The second kappa shape index (κ2) is 8.11. The molecular weight excluding hydrogens is 369 g/mol. The van der Waals surface area contributed by atoms with Crippen LogP contribution in [0.15, 0.2) is 60.7 Å². The molecular formula is C21H15F3N2O2. The van der Waals surface area contributed by atoms with Gasteiger partial charge >= 0.3 is 6.18 Å². The maximum atomic E-state index is 13.2. The van der Waals surface area contributed by atoms with Crippen molar-refractivity contribution in [2.24, 2.45) is 0 Å². The molecule has 3 aromatic rings. The van der Waals surface area contributed by atoms with Gasteiger partial charge in [0.1, 0.15) is 11.5 Å². The summed E-state index contributed by atoms with van der Waals surface area (Å²) in [5.41, 5.74) is 1.10. The van der Waals surface area contributed by atoms with Gasteiger partial charge in [-0.15, -0.1) is 0 Å². The Morgan fingerprint density at radius 2 is 1.79 bits per heavy atom. The number of pyridine rings is 1. The molecule has 0 amide bonds. The highest BCUT2D eigenvalue weighted by Gasteiger charge is 2.35. The van der Waals surface area contributed by atoms with Crippen LogP contribution < -0.4 is 4.74 Å². The minimum atomic E-state index is -4.64. The lowest BCUT2D eigenvalue weighted by Gasteiger charge is -2.14. The monoisotopic (exact) mass is 384 g/mol. The van der Waals surface area contributed by atoms with Gasteiger partial charge in [-0.25, -0.2) is 0 Å². The van der Waals surface area contributed by atoms with Gasteiger partial charge in [-0.2, -0.15) is 18.4 Å². The van der Waals surface area contributed by atoms with Crippen molar-refractivity contribution >= 4 is 0 Å². The molecule has 7 heteroatoms. The molecule has 0 saturated heterocycles. The van der Waals surface area contributed by atoms with E-state index in [1.165, 1.54) is 6.07 Å². The predicted octanol–water partition coefficient (Wildman–Crippen LogP) is 4.97. The molecule has 0 aliphatic rings. The van der Waals surface area contributed by atoms with Crippen molar-refractivity contribution in [3.05, 3.63) is 77.5 Å². The number of alkyl halides is 3. The van der Waals surface area contributed by atoms with Crippen LogP contribution >= 0.6 is 0 Å². The number of rotatable bonds is 5. The van der Waals surface area contributed by atoms with Crippen LogP contribution in [-0.4, -0.2) is 16.7 Å². The summed E-state index contributed by atoms with van der Waals surface area (Å²) in [4.78, 5) is 4.43. The molecule has 2 aromatic carbocycles. The number of aliphatic hydroxyl groups excluding tert-OH is 1. The highest BCUT2D eigenvalue weighted by Crippen LogP contribution is 2.38. The number of benzene rings is 2. The quantitative estimate of drug-likeness (QED) is 0.675. The van der Waals surface area contributed by atoms with Gasteiger partial charge in [-0.1, -0.05) is 6.07 Å². The first kappa shape index (κ1) is 19.4. The Labute approximate surface area is 159 Å². The van der Waals surface area contributed by atoms with Gasteiger partial charge in [-0.3, -0.25) is 4.98 Å². The van der Waals surface area contributed by atoms with Crippen molar-refractivity contribution in [1.29, 1.82) is 5.26 Å². The average molecular weight is 384 g/mol. The van der Waals surface area contributed by atoms with E-state index in [1.54, 1.807) is 42.5 Å². The Bertz CT molecular complexity index is 1010. The summed E-state index contributed by atoms with van der Waals surface area (Å²) in [5, 5.41) is 17.8. The molecule has 1 N–H and O–H groups in total. The number of halogens is 3. The fraction of sp³-hybridized carbons (Fsp3) is 0.143. The Hall–Kier alpha value is -3.37. The normalized spacial score (nSPS) is 11.1. The summed E-state index contributed by atoms with van der Waals surface area (Å²) >= 11 is 0. The molecule has 0 bridgehead atoms. The lowest BCUT2D eigenvalue weighted by atomic mass is 10.1. The van der Waals surface area contributed by atoms with Crippen LogP contribution in [0.4, 0.5) is 13.2 Å². The molecule has 3 rings (SSSR count). The zero-order valence-corrected chi connectivity index (χ0v) is 14.6. The second-order valence-corrected chi connectivity index (χ2v) is 5.93. The van der Waals surface area contributed by atoms with Crippen molar-refractivity contribution < 1.29 is 23.0 Å². The first-order valence-electron chi connectivity index (χ1n) is 8.37. The van der Waals surface area contributed by atoms with Gasteiger partial charge in [0.2, 0.25) is 0 Å². The molecule has 142 valence electrons. The van der Waals surface area contributed by atoms with Gasteiger partial charge < -0.3 is 9.84 Å². The molecule has 0 spiro atoms. The predicted molar refractivity (Wildman–Crippen MR) is 96.7 cm³/mol. The van der Waals surface area contributed by atoms with E-state index in [0.29, 0.717) is 12.1 Å². The maximum absolute atomic E-state index is 13.2. The third-order valence-electron chi connectivity index (χ3n) is 3.97. The number of aliphatic hydroxyl groups is 1. The first-order valence-corrected chi connectivity index (χ1v) is 8.37. The molecule has 0 unspecified atom stereocenters. The largest absolute Gasteiger partial charge is 0.457 e. The summed E-state index contributed by atoms with van der Waals surface area (Å²) in [5.74, 6) is -0.146. The molecule has 1 aromatic heterocycles. The highest BCUT2D eigenvalue weighted by molar-refractivity contribution is 5.60. The first-order chi connectivity index (χ1) is 13.4. The fourth-order valence-electron chi connectivity index (χ4n) is 2.62. The van der Waals surface area contributed by atoms with Crippen molar-refractivity contribution in [3.63, 3.8) is 0 Å². The van der Waals surface area contributed by atoms with Gasteiger partial charge in [0, 0.05) is 24.3 Å². The standard InChI is InChI=1S/C21H15F3N2O2/c22-21(23,24)18-12-14(13-25)4-9-20(18)28-17-7-5-15(6-8-17)19-3-1-2-16(26-19)10-11-27/h1-9,12,27H,10-11H2. The molecule has 1 heterocycles. The number of hydrogen-bond acceptors (Lipinski definition) is 4. The van der Waals surface area contributed by atoms with Crippen molar-refractivity contribution in [2.75, 3.05) is 6.61 Å². The number of nitriles is 1. The summed E-state index contributed by atoms with van der Waals surface area (Å²) in [7, 11) is 0. The summed E-state index contributed by atoms with van der Waals surface area (Å²) in [6, 6.07) is 16.8. The SMILES string of the molecule is N#Cc1ccc(Oc2ccc(-c3cccc(CCO)n3)cc2)c(C(F)(F)F)c1. The third-order valence-corrected chi connectivity index (χ3v) is 3.97. The topological polar surface area (TPSA) is 66.1 Å². The zero-order valence-electron chi connectivity index (χ0n) is 14.6. The Morgan fingerprint density at radius 1 is 1.04 bits per heavy atom. The van der Waals surface area contributed by atoms with Crippen LogP contribution in [0.2, 0.25) is 0 Å². The second-order valence-electron chi connectivity index (χ2n) is 5.93. The van der Waals surface area contributed by atoms with Crippen LogP contribution in [0, 0.1) is 11.3 Å². The van der Waals surface area contributed by atoms with E-state index in [9.17, 15) is 13.2 Å². The number of hydrogen-bond donors (Lipinski definition) is 1. The van der Waals surface area contributed by atoms with Crippen LogP contribution in [0.1, 0.15) is 16.8 Å². The number of nitrogens with zero attached hydrogens (tertiary/aromatic N) is 2. The Kier molecular flexibility index (Phi) is 5.62. The van der Waals surface area contributed by atoms with Gasteiger partial charge in [0.25, 0.3) is 0 Å². The van der Waals surface area contributed by atoms with Gasteiger partial charge in [0.15, 0.2) is 0 Å². The zero-order chi connectivity index (χ0) is 20.1. The molecule has 0 aliphatic carbocycles. The van der Waals surface area contributed by atoms with Crippen molar-refractivity contribution in [3.8, 4) is 28.8 Å². The Balaban J connectivity index is 1.86. The molecule has 0 aliphatic heterocycles. The van der Waals surface area contributed by atoms with Crippen molar-refractivity contribution in [1.82, 2.24) is 4.98 Å². The molecule has 0 atom stereocenters. The summed E-state index contributed by atoms with van der Waals surface area (Å²) in [6.07, 6.45) is -4.20. The van der Waals surface area contributed by atoms with Crippen LogP contribution in [0.5, 0.6) is 11.5 Å². The molecule has 0 saturated carbocycles. The van der Waals surface area contributed by atoms with Crippen LogP contribution in [0.25, 0.3) is 11.3 Å². The van der Waals surface area contributed by atoms with E-state index in [2.05, 4.69) is 4.98 Å². The third kappa shape index (κ3) is 4.48. The fourth-order valence-corrected chi connectivity index (χ4v) is 2.62. The lowest BCUT2D eigenvalue weighted by molar-refractivity contribution is -0.138. The molecule has 0 radical (unpaired) electrons. The summed E-state index contributed by atoms with van der Waals surface area (Å²) < 4.78 is 45.1. The Morgan fingerprint density at radius 3 is 2.43 bits per heavy atom. The van der Waals surface area contributed by atoms with Gasteiger partial charge in [0.05, 0.1) is 22.9 Å². The van der Waals surface area contributed by atoms with E-state index in [0.717, 1.165) is 23.4 Å². The average Bonchev–Trinajstić information content (AvgIpc) is 2.68. The maximum Gasteiger partial charge on any atom is 0.420 e. The molecule has 4 nitrogen and oxygen atoms in total. The van der Waals surface area contributed by atoms with Crippen molar-refractivity contribution in [2.45, 2.75) is 12.6 Å². The van der Waals surface area contributed by atoms with Crippen LogP contribution in [0.3, 0.4) is 0 Å². The number of ether oxygens (including phenoxy) is 1. The number of aromatic nitrogens is 1. The minimum Gasteiger partial charge on any atom is -0.457 e. The smallest absolute Gasteiger partial charge is 0.420 e. The molecule has 28 heavy (non-hydrogen) atoms. The van der Waals surface area contributed by atoms with E-state index >= 15 is 0 Å². The summed E-state index contributed by atoms with van der Waals surface area (Å²) in [6.45, 7) is -0.00460. The molecule has 0 fully saturated rings.